The molecular formula is C23H46N2O2. The van der Waals surface area contributed by atoms with Crippen LogP contribution in [0.4, 0.5) is 4.79 Å². The molecule has 27 heavy (non-hydrogen) atoms. The van der Waals surface area contributed by atoms with Crippen molar-refractivity contribution in [1.82, 2.24) is 9.80 Å². The first-order valence-electron chi connectivity index (χ1n) is 11.9. The first kappa shape index (κ1) is 24.3. The number of carbonyl (C=O) groups is 1. The van der Waals surface area contributed by atoms with Gasteiger partial charge in [-0.15, -0.1) is 0 Å². The highest BCUT2D eigenvalue weighted by Gasteiger charge is 2.26. The molecule has 4 nitrogen and oxygen atoms in total. The maximum absolute atomic E-state index is 12.0. The molecule has 0 aromatic heterocycles. The largest absolute Gasteiger partial charge is 0.395 e. The third-order valence-electron chi connectivity index (χ3n) is 5.83. The van der Waals surface area contributed by atoms with Crippen LogP contribution in [0.3, 0.4) is 0 Å². The second kappa shape index (κ2) is 17.3. The number of rotatable bonds is 19. The van der Waals surface area contributed by atoms with Crippen LogP contribution in [0.15, 0.2) is 0 Å². The zero-order valence-electron chi connectivity index (χ0n) is 18.1. The van der Waals surface area contributed by atoms with E-state index >= 15 is 0 Å². The van der Waals surface area contributed by atoms with Gasteiger partial charge in [0.05, 0.1) is 6.61 Å². The van der Waals surface area contributed by atoms with E-state index in [2.05, 4.69) is 6.92 Å². The van der Waals surface area contributed by atoms with E-state index in [0.29, 0.717) is 6.54 Å². The highest BCUT2D eigenvalue weighted by atomic mass is 16.3. The summed E-state index contributed by atoms with van der Waals surface area (Å²) in [5.74, 6) is 0. The number of aliphatic hydroxyl groups excluding tert-OH is 1. The maximum atomic E-state index is 12.0. The second-order valence-corrected chi connectivity index (χ2v) is 8.28. The van der Waals surface area contributed by atoms with E-state index < -0.39 is 0 Å². The van der Waals surface area contributed by atoms with Crippen molar-refractivity contribution in [3.63, 3.8) is 0 Å². The molecule has 0 aromatic carbocycles. The van der Waals surface area contributed by atoms with Crippen LogP contribution in [-0.4, -0.2) is 53.7 Å². The van der Waals surface area contributed by atoms with Gasteiger partial charge >= 0.3 is 6.03 Å². The molecule has 0 unspecified atom stereocenters. The predicted molar refractivity (Wildman–Crippen MR) is 115 cm³/mol. The number of amides is 2. The molecule has 1 aliphatic heterocycles. The van der Waals surface area contributed by atoms with Crippen LogP contribution in [0, 0.1) is 0 Å². The summed E-state index contributed by atoms with van der Waals surface area (Å²) in [5, 5.41) is 8.94. The normalized spacial score (nSPS) is 14.5. The SMILES string of the molecule is CCCCCCCCCCCCCCCCCCN1CCN(CCO)C1=O. The Kier molecular flexibility index (Phi) is 15.6. The van der Waals surface area contributed by atoms with E-state index in [9.17, 15) is 4.79 Å². The van der Waals surface area contributed by atoms with Crippen molar-refractivity contribution in [2.75, 3.05) is 32.8 Å². The first-order valence-corrected chi connectivity index (χ1v) is 11.9. The van der Waals surface area contributed by atoms with E-state index in [4.69, 9.17) is 5.11 Å². The summed E-state index contributed by atoms with van der Waals surface area (Å²) in [7, 11) is 0. The van der Waals surface area contributed by atoms with Gasteiger partial charge in [0.2, 0.25) is 0 Å². The molecular weight excluding hydrogens is 336 g/mol. The molecule has 1 rings (SSSR count). The summed E-state index contributed by atoms with van der Waals surface area (Å²) in [6.07, 6.45) is 22.1. The van der Waals surface area contributed by atoms with Gasteiger partial charge in [-0.25, -0.2) is 4.79 Å². The Morgan fingerprint density at radius 3 is 1.41 bits per heavy atom. The molecule has 2 amide bonds. The molecule has 0 spiro atoms. The minimum Gasteiger partial charge on any atom is -0.395 e. The predicted octanol–water partition coefficient (Wildman–Crippen LogP) is 5.98. The third kappa shape index (κ3) is 12.3. The Morgan fingerprint density at radius 2 is 1.00 bits per heavy atom. The molecule has 1 saturated heterocycles. The summed E-state index contributed by atoms with van der Waals surface area (Å²) in [4.78, 5) is 15.7. The number of hydrogen-bond donors (Lipinski definition) is 1. The quantitative estimate of drug-likeness (QED) is 0.279. The monoisotopic (exact) mass is 382 g/mol. The van der Waals surface area contributed by atoms with Crippen molar-refractivity contribution in [3.05, 3.63) is 0 Å². The number of carbonyl (C=O) groups excluding carboxylic acids is 1. The van der Waals surface area contributed by atoms with Gasteiger partial charge in [0.1, 0.15) is 0 Å². The molecule has 4 heteroatoms. The molecule has 1 aliphatic rings. The van der Waals surface area contributed by atoms with Gasteiger partial charge in [-0.3, -0.25) is 0 Å². The lowest BCUT2D eigenvalue weighted by molar-refractivity contribution is 0.178. The van der Waals surface area contributed by atoms with Crippen molar-refractivity contribution in [3.8, 4) is 0 Å². The van der Waals surface area contributed by atoms with Crippen molar-refractivity contribution >= 4 is 6.03 Å². The van der Waals surface area contributed by atoms with Gasteiger partial charge in [-0.2, -0.15) is 0 Å². The Hall–Kier alpha value is -0.770. The van der Waals surface area contributed by atoms with Crippen LogP contribution in [0.2, 0.25) is 0 Å². The number of unbranched alkanes of at least 4 members (excludes halogenated alkanes) is 15. The van der Waals surface area contributed by atoms with Gasteiger partial charge in [0, 0.05) is 26.2 Å². The molecule has 0 bridgehead atoms. The topological polar surface area (TPSA) is 43.8 Å². The Labute approximate surface area is 168 Å². The Morgan fingerprint density at radius 1 is 0.630 bits per heavy atom. The summed E-state index contributed by atoms with van der Waals surface area (Å²) in [5.41, 5.74) is 0. The molecule has 0 atom stereocenters. The van der Waals surface area contributed by atoms with E-state index in [1.807, 2.05) is 4.90 Å². The minimum absolute atomic E-state index is 0.0681. The highest BCUT2D eigenvalue weighted by molar-refractivity contribution is 5.76. The number of β-amino-alcohol motifs (C(OH)–C–C–N with tert-alkyl or cyclic N) is 1. The highest BCUT2D eigenvalue weighted by Crippen LogP contribution is 2.14. The Balaban J connectivity index is 1.77. The number of urea groups is 1. The van der Waals surface area contributed by atoms with Crippen LogP contribution in [0.25, 0.3) is 0 Å². The van der Waals surface area contributed by atoms with Crippen LogP contribution in [-0.2, 0) is 0 Å². The lowest BCUT2D eigenvalue weighted by Crippen LogP contribution is -2.34. The van der Waals surface area contributed by atoms with Gasteiger partial charge in [-0.05, 0) is 6.42 Å². The molecule has 1 N–H and O–H groups in total. The number of hydrogen-bond acceptors (Lipinski definition) is 2. The number of aliphatic hydroxyl groups is 1. The molecule has 1 heterocycles. The van der Waals surface area contributed by atoms with E-state index in [0.717, 1.165) is 26.1 Å². The van der Waals surface area contributed by atoms with Gasteiger partial charge in [0.25, 0.3) is 0 Å². The van der Waals surface area contributed by atoms with Crippen LogP contribution < -0.4 is 0 Å². The second-order valence-electron chi connectivity index (χ2n) is 8.28. The summed E-state index contributed by atoms with van der Waals surface area (Å²) in [6, 6.07) is 0.116. The van der Waals surface area contributed by atoms with E-state index in [1.54, 1.807) is 4.90 Å². The van der Waals surface area contributed by atoms with Crippen LogP contribution >= 0.6 is 0 Å². The number of nitrogens with zero attached hydrogens (tertiary/aromatic N) is 2. The summed E-state index contributed by atoms with van der Waals surface area (Å²) < 4.78 is 0. The van der Waals surface area contributed by atoms with E-state index in [-0.39, 0.29) is 12.6 Å². The molecule has 0 saturated carbocycles. The van der Waals surface area contributed by atoms with Crippen LogP contribution in [0.5, 0.6) is 0 Å². The average Bonchev–Trinajstić information content (AvgIpc) is 3.01. The average molecular weight is 383 g/mol. The molecule has 1 fully saturated rings. The van der Waals surface area contributed by atoms with Gasteiger partial charge < -0.3 is 14.9 Å². The van der Waals surface area contributed by atoms with Crippen molar-refractivity contribution in [2.45, 2.75) is 110 Å². The summed E-state index contributed by atoms with van der Waals surface area (Å²) in [6.45, 7) is 5.33. The fourth-order valence-electron chi connectivity index (χ4n) is 4.02. The molecule has 0 radical (unpaired) electrons. The minimum atomic E-state index is 0.0681. The van der Waals surface area contributed by atoms with Crippen molar-refractivity contribution in [2.24, 2.45) is 0 Å². The zero-order chi connectivity index (χ0) is 19.6. The maximum Gasteiger partial charge on any atom is 0.320 e. The van der Waals surface area contributed by atoms with Gasteiger partial charge in [0.15, 0.2) is 0 Å². The van der Waals surface area contributed by atoms with Crippen molar-refractivity contribution in [1.29, 1.82) is 0 Å². The lowest BCUT2D eigenvalue weighted by atomic mass is 10.0. The fourth-order valence-corrected chi connectivity index (χ4v) is 4.02. The smallest absolute Gasteiger partial charge is 0.320 e. The first-order chi connectivity index (χ1) is 13.3. The molecule has 160 valence electrons. The van der Waals surface area contributed by atoms with Crippen LogP contribution in [0.1, 0.15) is 110 Å². The summed E-state index contributed by atoms with van der Waals surface area (Å²) >= 11 is 0. The van der Waals surface area contributed by atoms with Gasteiger partial charge in [-0.1, -0.05) is 103 Å². The fraction of sp³-hybridized carbons (Fsp3) is 0.957. The van der Waals surface area contributed by atoms with Crippen molar-refractivity contribution < 1.29 is 9.90 Å². The third-order valence-corrected chi connectivity index (χ3v) is 5.83. The standard InChI is InChI=1S/C23H46N2O2/c1-2-3-4-5-6-7-8-9-10-11-12-13-14-15-16-17-18-24-19-20-25(21-22-26)23(24)27/h26H,2-22H2,1H3. The molecule has 0 aliphatic carbocycles. The zero-order valence-corrected chi connectivity index (χ0v) is 18.1. The lowest BCUT2D eigenvalue weighted by Gasteiger charge is -2.17. The van der Waals surface area contributed by atoms with E-state index in [1.165, 1.54) is 96.3 Å². The Bertz CT molecular complexity index is 349. The molecule has 0 aromatic rings.